The van der Waals surface area contributed by atoms with E-state index in [1.54, 1.807) is 6.07 Å². The third-order valence-corrected chi connectivity index (χ3v) is 4.56. The fourth-order valence-corrected chi connectivity index (χ4v) is 3.07. The first-order valence-corrected chi connectivity index (χ1v) is 7.12. The molecule has 1 unspecified atom stereocenters. The van der Waals surface area contributed by atoms with Crippen LogP contribution in [0.4, 0.5) is 0 Å². The zero-order valence-electron chi connectivity index (χ0n) is 10.8. The van der Waals surface area contributed by atoms with Gasteiger partial charge in [0.2, 0.25) is 0 Å². The van der Waals surface area contributed by atoms with Crippen molar-refractivity contribution in [1.82, 2.24) is 4.90 Å². The van der Waals surface area contributed by atoms with Crippen LogP contribution in [-0.2, 0) is 11.3 Å². The minimum absolute atomic E-state index is 0.581. The molecule has 104 valence electrons. The second-order valence-electron chi connectivity index (χ2n) is 5.14. The summed E-state index contributed by atoms with van der Waals surface area (Å²) in [6, 6.07) is 5.43. The predicted molar refractivity (Wildman–Crippen MR) is 76.7 cm³/mol. The SMILES string of the molecule is CCC1(C(=O)O)CCN(Cc2ccc(Cl)cc2Cl)C1. The molecule has 0 aliphatic carbocycles. The Labute approximate surface area is 123 Å². The Morgan fingerprint density at radius 3 is 2.74 bits per heavy atom. The molecule has 19 heavy (non-hydrogen) atoms. The van der Waals surface area contributed by atoms with Crippen LogP contribution < -0.4 is 0 Å². The van der Waals surface area contributed by atoms with E-state index in [9.17, 15) is 9.90 Å². The maximum Gasteiger partial charge on any atom is 0.310 e. The van der Waals surface area contributed by atoms with Gasteiger partial charge in [-0.2, -0.15) is 0 Å². The number of carboxylic acid groups (broad SMARTS) is 1. The number of hydrogen-bond donors (Lipinski definition) is 1. The van der Waals surface area contributed by atoms with Gasteiger partial charge in [-0.25, -0.2) is 0 Å². The molecule has 0 spiro atoms. The summed E-state index contributed by atoms with van der Waals surface area (Å²) in [4.78, 5) is 13.5. The molecule has 1 aliphatic heterocycles. The second kappa shape index (κ2) is 5.70. The van der Waals surface area contributed by atoms with Crippen LogP contribution in [0.25, 0.3) is 0 Å². The predicted octanol–water partition coefficient (Wildman–Crippen LogP) is 3.68. The van der Waals surface area contributed by atoms with Gasteiger partial charge in [-0.05, 0) is 37.1 Å². The van der Waals surface area contributed by atoms with Gasteiger partial charge < -0.3 is 5.11 Å². The lowest BCUT2D eigenvalue weighted by Gasteiger charge is -2.23. The first kappa shape index (κ1) is 14.6. The molecule has 2 rings (SSSR count). The molecule has 1 fully saturated rings. The molecule has 5 heteroatoms. The number of hydrogen-bond acceptors (Lipinski definition) is 2. The van der Waals surface area contributed by atoms with Crippen molar-refractivity contribution in [3.63, 3.8) is 0 Å². The lowest BCUT2D eigenvalue weighted by atomic mass is 9.84. The Balaban J connectivity index is 2.08. The number of likely N-dealkylation sites (tertiary alicyclic amines) is 1. The first-order valence-electron chi connectivity index (χ1n) is 6.36. The smallest absolute Gasteiger partial charge is 0.310 e. The molecule has 0 radical (unpaired) electrons. The van der Waals surface area contributed by atoms with E-state index in [0.29, 0.717) is 36.0 Å². The standard InChI is InChI=1S/C14H17Cl2NO2/c1-2-14(13(18)19)5-6-17(9-14)8-10-3-4-11(15)7-12(10)16/h3-4,7H,2,5-6,8-9H2,1H3,(H,18,19). The van der Waals surface area contributed by atoms with Crippen LogP contribution in [0.3, 0.4) is 0 Å². The summed E-state index contributed by atoms with van der Waals surface area (Å²) in [6.07, 6.45) is 1.36. The number of aliphatic carboxylic acids is 1. The third-order valence-electron chi connectivity index (χ3n) is 3.97. The van der Waals surface area contributed by atoms with Crippen molar-refractivity contribution in [2.24, 2.45) is 5.41 Å². The monoisotopic (exact) mass is 301 g/mol. The molecule has 3 nitrogen and oxygen atoms in total. The summed E-state index contributed by atoms with van der Waals surface area (Å²) in [5, 5.41) is 10.6. The molecule has 0 saturated carbocycles. The van der Waals surface area contributed by atoms with Crippen LogP contribution in [0, 0.1) is 5.41 Å². The number of carboxylic acids is 1. The van der Waals surface area contributed by atoms with Crippen molar-refractivity contribution in [1.29, 1.82) is 0 Å². The van der Waals surface area contributed by atoms with Gasteiger partial charge in [-0.1, -0.05) is 36.2 Å². The van der Waals surface area contributed by atoms with E-state index in [-0.39, 0.29) is 0 Å². The topological polar surface area (TPSA) is 40.5 Å². The summed E-state index contributed by atoms with van der Waals surface area (Å²) >= 11 is 12.0. The summed E-state index contributed by atoms with van der Waals surface area (Å²) in [5.74, 6) is -0.695. The third kappa shape index (κ3) is 3.04. The van der Waals surface area contributed by atoms with Crippen LogP contribution in [0.2, 0.25) is 10.0 Å². The highest BCUT2D eigenvalue weighted by atomic mass is 35.5. The van der Waals surface area contributed by atoms with Gasteiger partial charge in [0.15, 0.2) is 0 Å². The normalized spacial score (nSPS) is 23.7. The van der Waals surface area contributed by atoms with Crippen LogP contribution >= 0.6 is 23.2 Å². The van der Waals surface area contributed by atoms with Crippen LogP contribution in [-0.4, -0.2) is 29.1 Å². The maximum atomic E-state index is 11.4. The average molecular weight is 302 g/mol. The van der Waals surface area contributed by atoms with Gasteiger partial charge in [0.05, 0.1) is 5.41 Å². The zero-order chi connectivity index (χ0) is 14.0. The molecule has 1 saturated heterocycles. The van der Waals surface area contributed by atoms with Crippen LogP contribution in [0.15, 0.2) is 18.2 Å². The fraction of sp³-hybridized carbons (Fsp3) is 0.500. The summed E-state index contributed by atoms with van der Waals surface area (Å²) in [7, 11) is 0. The molecule has 1 N–H and O–H groups in total. The quantitative estimate of drug-likeness (QED) is 0.922. The Morgan fingerprint density at radius 1 is 1.47 bits per heavy atom. The van der Waals surface area contributed by atoms with E-state index in [0.717, 1.165) is 12.1 Å². The number of nitrogens with zero attached hydrogens (tertiary/aromatic N) is 1. The average Bonchev–Trinajstić information content (AvgIpc) is 2.77. The summed E-state index contributed by atoms with van der Waals surface area (Å²) in [5.41, 5.74) is 0.391. The van der Waals surface area contributed by atoms with Gasteiger partial charge >= 0.3 is 5.97 Å². The molecule has 1 aromatic carbocycles. The number of benzene rings is 1. The molecule has 1 aromatic rings. The van der Waals surface area contributed by atoms with Crippen molar-refractivity contribution < 1.29 is 9.90 Å². The van der Waals surface area contributed by atoms with Crippen molar-refractivity contribution in [2.75, 3.05) is 13.1 Å². The van der Waals surface area contributed by atoms with E-state index >= 15 is 0 Å². The van der Waals surface area contributed by atoms with E-state index in [1.807, 2.05) is 19.1 Å². The van der Waals surface area contributed by atoms with E-state index in [4.69, 9.17) is 23.2 Å². The Kier molecular flexibility index (Phi) is 4.39. The van der Waals surface area contributed by atoms with Gasteiger partial charge in [0, 0.05) is 23.1 Å². The fourth-order valence-electron chi connectivity index (χ4n) is 2.60. The maximum absolute atomic E-state index is 11.4. The van der Waals surface area contributed by atoms with Crippen molar-refractivity contribution in [3.05, 3.63) is 33.8 Å². The van der Waals surface area contributed by atoms with Crippen LogP contribution in [0.1, 0.15) is 25.3 Å². The minimum Gasteiger partial charge on any atom is -0.481 e. The molecular weight excluding hydrogens is 285 g/mol. The lowest BCUT2D eigenvalue weighted by molar-refractivity contribution is -0.148. The molecular formula is C14H17Cl2NO2. The van der Waals surface area contributed by atoms with Crippen molar-refractivity contribution >= 4 is 29.2 Å². The highest BCUT2D eigenvalue weighted by Crippen LogP contribution is 2.35. The van der Waals surface area contributed by atoms with Crippen molar-refractivity contribution in [3.8, 4) is 0 Å². The summed E-state index contributed by atoms with van der Waals surface area (Å²) in [6.45, 7) is 3.98. The molecule has 1 heterocycles. The van der Waals surface area contributed by atoms with Gasteiger partial charge in [-0.15, -0.1) is 0 Å². The Morgan fingerprint density at radius 2 is 2.21 bits per heavy atom. The summed E-state index contributed by atoms with van der Waals surface area (Å²) < 4.78 is 0. The molecule has 0 aromatic heterocycles. The zero-order valence-corrected chi connectivity index (χ0v) is 12.3. The molecule has 1 atom stereocenters. The van der Waals surface area contributed by atoms with Crippen molar-refractivity contribution in [2.45, 2.75) is 26.3 Å². The molecule has 0 bridgehead atoms. The second-order valence-corrected chi connectivity index (χ2v) is 5.98. The first-order chi connectivity index (χ1) is 8.97. The van der Waals surface area contributed by atoms with Gasteiger partial charge in [0.25, 0.3) is 0 Å². The van der Waals surface area contributed by atoms with Gasteiger partial charge in [-0.3, -0.25) is 9.69 Å². The highest BCUT2D eigenvalue weighted by molar-refractivity contribution is 6.35. The lowest BCUT2D eigenvalue weighted by Crippen LogP contribution is -2.33. The van der Waals surface area contributed by atoms with Crippen LogP contribution in [0.5, 0.6) is 0 Å². The number of carbonyl (C=O) groups is 1. The van der Waals surface area contributed by atoms with E-state index in [1.165, 1.54) is 0 Å². The largest absolute Gasteiger partial charge is 0.481 e. The number of halogens is 2. The Bertz CT molecular complexity index is 492. The number of rotatable bonds is 4. The van der Waals surface area contributed by atoms with E-state index < -0.39 is 11.4 Å². The van der Waals surface area contributed by atoms with Gasteiger partial charge in [0.1, 0.15) is 0 Å². The highest BCUT2D eigenvalue weighted by Gasteiger charge is 2.43. The molecule has 1 aliphatic rings. The molecule has 0 amide bonds. The minimum atomic E-state index is -0.695. The Hall–Kier alpha value is -0.770. The van der Waals surface area contributed by atoms with E-state index in [2.05, 4.69) is 4.90 Å².